The van der Waals surface area contributed by atoms with Gasteiger partial charge in [0.05, 0.1) is 23.9 Å². The summed E-state index contributed by atoms with van der Waals surface area (Å²) in [6.45, 7) is 3.74. The van der Waals surface area contributed by atoms with E-state index in [2.05, 4.69) is 18.2 Å². The minimum Gasteiger partial charge on any atom is -0.377 e. The monoisotopic (exact) mass is 575 g/mol. The average Bonchev–Trinajstić information content (AvgIpc) is 3.22. The van der Waals surface area contributed by atoms with Gasteiger partial charge in [-0.2, -0.15) is 15.8 Å². The average molecular weight is 576 g/mol. The second-order valence-corrected chi connectivity index (χ2v) is 11.7. The number of nitrogens with zero attached hydrogens (tertiary/aromatic N) is 4. The van der Waals surface area contributed by atoms with Crippen molar-refractivity contribution >= 4 is 17.4 Å². The maximum absolute atomic E-state index is 14.9. The highest BCUT2D eigenvalue weighted by molar-refractivity contribution is 6.29. The van der Waals surface area contributed by atoms with Gasteiger partial charge in [0, 0.05) is 17.8 Å². The molecule has 0 radical (unpaired) electrons. The molecule has 1 heterocycles. The van der Waals surface area contributed by atoms with E-state index in [9.17, 15) is 31.1 Å². The number of nitriles is 3. The van der Waals surface area contributed by atoms with Crippen LogP contribution in [0.5, 0.6) is 0 Å². The SMILES string of the molecule is Cc1cccc([C@@H]2C(C#N)(C#N)[C@@H](c3cccc(C)c3)[C@H](c3ccccc3)[C@@]3(O)C(=O)N(c4ccccc4)C(=N)[C@@]23C#N)c1. The summed E-state index contributed by atoms with van der Waals surface area (Å²) in [5.74, 6) is -5.00. The van der Waals surface area contributed by atoms with Crippen LogP contribution in [0.1, 0.15) is 45.6 Å². The first-order valence-electron chi connectivity index (χ1n) is 14.3. The minimum atomic E-state index is -2.55. The van der Waals surface area contributed by atoms with Crippen LogP contribution in [0.15, 0.2) is 109 Å². The van der Waals surface area contributed by atoms with Crippen molar-refractivity contribution in [2.75, 3.05) is 4.90 Å². The Labute approximate surface area is 256 Å². The fourth-order valence-electron chi connectivity index (χ4n) is 7.65. The smallest absolute Gasteiger partial charge is 0.267 e. The molecule has 0 unspecified atom stereocenters. The van der Waals surface area contributed by atoms with E-state index in [0.29, 0.717) is 22.4 Å². The molecule has 1 saturated carbocycles. The second-order valence-electron chi connectivity index (χ2n) is 11.7. The molecule has 4 aromatic rings. The second kappa shape index (κ2) is 10.3. The number of nitrogens with one attached hydrogen (secondary N) is 1. The van der Waals surface area contributed by atoms with E-state index in [1.165, 1.54) is 0 Å². The number of rotatable bonds is 4. The molecule has 2 N–H and O–H groups in total. The molecule has 1 amide bonds. The lowest BCUT2D eigenvalue weighted by atomic mass is 9.40. The van der Waals surface area contributed by atoms with Crippen LogP contribution in [0.25, 0.3) is 0 Å². The summed E-state index contributed by atoms with van der Waals surface area (Å²) in [5, 5.41) is 56.7. The highest BCUT2D eigenvalue weighted by Gasteiger charge is 2.82. The summed E-state index contributed by atoms with van der Waals surface area (Å²) in [7, 11) is 0. The molecule has 4 aromatic carbocycles. The maximum atomic E-state index is 14.9. The molecule has 1 aliphatic heterocycles. The van der Waals surface area contributed by atoms with Crippen molar-refractivity contribution in [3.63, 3.8) is 0 Å². The fraction of sp³-hybridized carbons (Fsp3) is 0.216. The number of hydrogen-bond donors (Lipinski definition) is 2. The van der Waals surface area contributed by atoms with Crippen LogP contribution in [-0.4, -0.2) is 22.5 Å². The van der Waals surface area contributed by atoms with Crippen LogP contribution in [0, 0.1) is 64.1 Å². The Bertz CT molecular complexity index is 1910. The van der Waals surface area contributed by atoms with Crippen molar-refractivity contribution in [2.24, 2.45) is 10.8 Å². The maximum Gasteiger partial charge on any atom is 0.267 e. The fourth-order valence-corrected chi connectivity index (χ4v) is 7.65. The van der Waals surface area contributed by atoms with Gasteiger partial charge in [-0.1, -0.05) is 108 Å². The van der Waals surface area contributed by atoms with Gasteiger partial charge in [0.15, 0.2) is 16.4 Å². The van der Waals surface area contributed by atoms with Crippen LogP contribution in [-0.2, 0) is 4.79 Å². The van der Waals surface area contributed by atoms with Gasteiger partial charge in [-0.15, -0.1) is 0 Å². The molecule has 7 nitrogen and oxygen atoms in total. The van der Waals surface area contributed by atoms with Crippen LogP contribution < -0.4 is 4.90 Å². The van der Waals surface area contributed by atoms with Crippen molar-refractivity contribution in [1.29, 1.82) is 21.2 Å². The predicted molar refractivity (Wildman–Crippen MR) is 165 cm³/mol. The molecular weight excluding hydrogens is 546 g/mol. The molecule has 0 spiro atoms. The molecule has 44 heavy (non-hydrogen) atoms. The van der Waals surface area contributed by atoms with Gasteiger partial charge in [-0.3, -0.25) is 15.1 Å². The lowest BCUT2D eigenvalue weighted by Crippen LogP contribution is -2.67. The third kappa shape index (κ3) is 3.62. The molecule has 0 bridgehead atoms. The Hall–Kier alpha value is -5.55. The van der Waals surface area contributed by atoms with E-state index in [1.54, 1.807) is 84.9 Å². The molecule has 6 rings (SSSR count). The summed E-state index contributed by atoms with van der Waals surface area (Å²) in [6.07, 6.45) is 0. The largest absolute Gasteiger partial charge is 0.377 e. The number of aryl methyl sites for hydroxylation is 2. The molecule has 214 valence electrons. The van der Waals surface area contributed by atoms with Crippen molar-refractivity contribution in [3.8, 4) is 18.2 Å². The number of anilines is 1. The Kier molecular flexibility index (Phi) is 6.70. The zero-order valence-electron chi connectivity index (χ0n) is 24.3. The first kappa shape index (κ1) is 28.6. The first-order chi connectivity index (χ1) is 21.2. The zero-order valence-corrected chi connectivity index (χ0v) is 24.3. The Morgan fingerprint density at radius 3 is 1.77 bits per heavy atom. The summed E-state index contributed by atoms with van der Waals surface area (Å²) < 4.78 is 0. The number of benzene rings is 4. The Morgan fingerprint density at radius 2 is 1.23 bits per heavy atom. The Morgan fingerprint density at radius 1 is 0.705 bits per heavy atom. The molecule has 7 heteroatoms. The lowest BCUT2D eigenvalue weighted by Gasteiger charge is -2.57. The topological polar surface area (TPSA) is 136 Å². The van der Waals surface area contributed by atoms with E-state index in [4.69, 9.17) is 0 Å². The summed E-state index contributed by atoms with van der Waals surface area (Å²) in [4.78, 5) is 16.0. The molecule has 0 aromatic heterocycles. The number of fused-ring (bicyclic) bond motifs is 1. The molecule has 1 saturated heterocycles. The van der Waals surface area contributed by atoms with Gasteiger partial charge < -0.3 is 5.11 Å². The zero-order chi connectivity index (χ0) is 31.3. The minimum absolute atomic E-state index is 0.307. The lowest BCUT2D eigenvalue weighted by molar-refractivity contribution is -0.154. The van der Waals surface area contributed by atoms with Gasteiger partial charge in [0.2, 0.25) is 0 Å². The molecule has 5 atom stereocenters. The van der Waals surface area contributed by atoms with Gasteiger partial charge >= 0.3 is 0 Å². The quantitative estimate of drug-likeness (QED) is 0.296. The number of carbonyl (C=O) groups is 1. The summed E-state index contributed by atoms with van der Waals surface area (Å²) in [6, 6.07) is 38.6. The van der Waals surface area contributed by atoms with E-state index < -0.39 is 45.9 Å². The van der Waals surface area contributed by atoms with Crippen molar-refractivity contribution in [3.05, 3.63) is 137 Å². The number of carbonyl (C=O) groups excluding carboxylic acids is 1. The van der Waals surface area contributed by atoms with Crippen LogP contribution in [0.4, 0.5) is 5.69 Å². The van der Waals surface area contributed by atoms with E-state index in [1.807, 2.05) is 38.1 Å². The van der Waals surface area contributed by atoms with Gasteiger partial charge in [-0.05, 0) is 42.7 Å². The highest BCUT2D eigenvalue weighted by Crippen LogP contribution is 2.72. The molecular formula is C37H29N5O2. The van der Waals surface area contributed by atoms with E-state index in [0.717, 1.165) is 16.0 Å². The van der Waals surface area contributed by atoms with Gasteiger partial charge in [-0.25, -0.2) is 0 Å². The van der Waals surface area contributed by atoms with Crippen LogP contribution in [0.2, 0.25) is 0 Å². The van der Waals surface area contributed by atoms with Crippen molar-refractivity contribution in [2.45, 2.75) is 37.2 Å². The third-order valence-corrected chi connectivity index (χ3v) is 9.39. The molecule has 2 aliphatic rings. The van der Waals surface area contributed by atoms with Crippen molar-refractivity contribution in [1.82, 2.24) is 0 Å². The first-order valence-corrected chi connectivity index (χ1v) is 14.3. The van der Waals surface area contributed by atoms with Crippen LogP contribution >= 0.6 is 0 Å². The van der Waals surface area contributed by atoms with Gasteiger partial charge in [0.25, 0.3) is 5.91 Å². The number of para-hydroxylation sites is 1. The van der Waals surface area contributed by atoms with E-state index in [-0.39, 0.29) is 0 Å². The van der Waals surface area contributed by atoms with Gasteiger partial charge in [0.1, 0.15) is 5.84 Å². The van der Waals surface area contributed by atoms with Crippen LogP contribution in [0.3, 0.4) is 0 Å². The normalized spacial score (nSPS) is 27.1. The predicted octanol–water partition coefficient (Wildman–Crippen LogP) is 6.27. The highest BCUT2D eigenvalue weighted by atomic mass is 16.3. The van der Waals surface area contributed by atoms with Crippen molar-refractivity contribution < 1.29 is 9.90 Å². The van der Waals surface area contributed by atoms with E-state index >= 15 is 0 Å². The number of aliphatic hydroxyl groups is 1. The molecule has 2 fully saturated rings. The summed E-state index contributed by atoms with van der Waals surface area (Å²) >= 11 is 0. The number of hydrogen-bond acceptors (Lipinski definition) is 6. The number of amides is 1. The standard InChI is InChI=1S/C37H29N5O2/c1-24-11-9-15-27(19-24)30-31(26-13-5-3-6-14-26)37(44)34(43)42(29-17-7-4-8-18-29)33(41)36(37,23-40)32(35(30,21-38)22-39)28-16-10-12-25(2)20-28/h3-20,30-32,41,44H,1-2H3/t30-,31-,32+,36+,37+/m0/s1. The summed E-state index contributed by atoms with van der Waals surface area (Å²) in [5.41, 5.74) is -3.40. The number of amidine groups is 1. The third-order valence-electron chi connectivity index (χ3n) is 9.39. The molecule has 1 aliphatic carbocycles. The Balaban J connectivity index is 1.82.